The van der Waals surface area contributed by atoms with E-state index in [1.54, 1.807) is 18.2 Å². The molecule has 4 heteroatoms. The molecule has 0 saturated heterocycles. The van der Waals surface area contributed by atoms with Crippen LogP contribution >= 0.6 is 11.6 Å². The molecule has 0 bridgehead atoms. The predicted octanol–water partition coefficient (Wildman–Crippen LogP) is 4.35. The lowest BCUT2D eigenvalue weighted by Gasteiger charge is -2.13. The van der Waals surface area contributed by atoms with Gasteiger partial charge in [-0.05, 0) is 49.2 Å². The molecule has 0 heterocycles. The number of hydrogen-bond donors (Lipinski definition) is 0. The van der Waals surface area contributed by atoms with Gasteiger partial charge in [0.15, 0.2) is 11.5 Å². The van der Waals surface area contributed by atoms with Crippen LogP contribution < -0.4 is 9.47 Å². The number of hydrogen-bond acceptors (Lipinski definition) is 3. The molecule has 110 valence electrons. The smallest absolute Gasteiger partial charge is 0.252 e. The van der Waals surface area contributed by atoms with Gasteiger partial charge in [0.1, 0.15) is 6.61 Å². The molecule has 0 fully saturated rings. The summed E-state index contributed by atoms with van der Waals surface area (Å²) in [5.41, 5.74) is 2.65. The number of rotatable bonds is 6. The van der Waals surface area contributed by atoms with Gasteiger partial charge in [-0.15, -0.1) is 0 Å². The molecule has 0 aliphatic carbocycles. The van der Waals surface area contributed by atoms with E-state index in [9.17, 15) is 4.79 Å². The van der Waals surface area contributed by atoms with Gasteiger partial charge < -0.3 is 9.47 Å². The largest absolute Gasteiger partial charge is 0.490 e. The third kappa shape index (κ3) is 4.23. The predicted molar refractivity (Wildman–Crippen MR) is 83.3 cm³/mol. The summed E-state index contributed by atoms with van der Waals surface area (Å²) in [6, 6.07) is 13.0. The number of carbonyl (C=O) groups excluding carboxylic acids is 1. The van der Waals surface area contributed by atoms with E-state index in [2.05, 4.69) is 6.07 Å². The monoisotopic (exact) mass is 304 g/mol. The van der Waals surface area contributed by atoms with E-state index >= 15 is 0 Å². The minimum absolute atomic E-state index is 0.392. The first-order valence-corrected chi connectivity index (χ1v) is 7.13. The first kappa shape index (κ1) is 15.4. The third-order valence-electron chi connectivity index (χ3n) is 2.95. The number of aryl methyl sites for hydroxylation is 1. The molecule has 0 amide bonds. The molecule has 0 aliphatic heterocycles. The van der Waals surface area contributed by atoms with Crippen molar-refractivity contribution in [1.82, 2.24) is 0 Å². The van der Waals surface area contributed by atoms with Crippen molar-refractivity contribution < 1.29 is 14.3 Å². The molecule has 0 radical (unpaired) electrons. The van der Waals surface area contributed by atoms with E-state index in [-0.39, 0.29) is 0 Å². The zero-order valence-corrected chi connectivity index (χ0v) is 12.8. The second-order valence-electron chi connectivity index (χ2n) is 4.65. The highest BCUT2D eigenvalue weighted by atomic mass is 35.5. The fourth-order valence-electron chi connectivity index (χ4n) is 1.98. The first-order valence-electron chi connectivity index (χ1n) is 6.75. The molecule has 2 aromatic carbocycles. The van der Waals surface area contributed by atoms with Crippen LogP contribution in [0.4, 0.5) is 0 Å². The fraction of sp³-hybridized carbons (Fsp3) is 0.235. The van der Waals surface area contributed by atoms with Crippen LogP contribution in [0.1, 0.15) is 28.4 Å². The standard InChI is InChI=1S/C17H17ClO3/c1-3-20-16-10-14(17(18)19)7-8-15(16)21-11-13-6-4-5-12(2)9-13/h4-10H,3,11H2,1-2H3. The van der Waals surface area contributed by atoms with Gasteiger partial charge in [-0.25, -0.2) is 0 Å². The molecular formula is C17H17ClO3. The van der Waals surface area contributed by atoms with Gasteiger partial charge in [0, 0.05) is 5.56 Å². The highest BCUT2D eigenvalue weighted by molar-refractivity contribution is 6.67. The molecule has 0 saturated carbocycles. The molecular weight excluding hydrogens is 288 g/mol. The highest BCUT2D eigenvalue weighted by Crippen LogP contribution is 2.29. The van der Waals surface area contributed by atoms with E-state index in [0.29, 0.717) is 30.3 Å². The Balaban J connectivity index is 2.16. The summed E-state index contributed by atoms with van der Waals surface area (Å²) in [4.78, 5) is 11.2. The summed E-state index contributed by atoms with van der Waals surface area (Å²) >= 11 is 5.48. The van der Waals surface area contributed by atoms with Crippen molar-refractivity contribution in [2.24, 2.45) is 0 Å². The summed E-state index contributed by atoms with van der Waals surface area (Å²) in [7, 11) is 0. The second kappa shape index (κ2) is 7.14. The topological polar surface area (TPSA) is 35.5 Å². The van der Waals surface area contributed by atoms with Crippen molar-refractivity contribution in [3.63, 3.8) is 0 Å². The van der Waals surface area contributed by atoms with Gasteiger partial charge in [0.25, 0.3) is 5.24 Å². The normalized spacial score (nSPS) is 10.2. The van der Waals surface area contributed by atoms with E-state index < -0.39 is 5.24 Å². The summed E-state index contributed by atoms with van der Waals surface area (Å²) in [6.45, 7) is 4.84. The van der Waals surface area contributed by atoms with Gasteiger partial charge in [-0.2, -0.15) is 0 Å². The Morgan fingerprint density at radius 2 is 1.90 bits per heavy atom. The zero-order valence-electron chi connectivity index (χ0n) is 12.1. The minimum Gasteiger partial charge on any atom is -0.490 e. The van der Waals surface area contributed by atoms with Crippen molar-refractivity contribution in [2.75, 3.05) is 6.61 Å². The van der Waals surface area contributed by atoms with E-state index in [1.807, 2.05) is 32.0 Å². The van der Waals surface area contributed by atoms with Crippen molar-refractivity contribution in [1.29, 1.82) is 0 Å². The number of benzene rings is 2. The Labute approximate surface area is 129 Å². The van der Waals surface area contributed by atoms with Crippen LogP contribution in [0.2, 0.25) is 0 Å². The quantitative estimate of drug-likeness (QED) is 0.744. The zero-order chi connectivity index (χ0) is 15.2. The maximum Gasteiger partial charge on any atom is 0.252 e. The Hall–Kier alpha value is -2.00. The molecule has 0 spiro atoms. The van der Waals surface area contributed by atoms with Crippen LogP contribution in [0.25, 0.3) is 0 Å². The van der Waals surface area contributed by atoms with Crippen molar-refractivity contribution in [2.45, 2.75) is 20.5 Å². The van der Waals surface area contributed by atoms with Gasteiger partial charge in [-0.3, -0.25) is 4.79 Å². The van der Waals surface area contributed by atoms with Gasteiger partial charge >= 0.3 is 0 Å². The van der Waals surface area contributed by atoms with Crippen LogP contribution in [0.3, 0.4) is 0 Å². The van der Waals surface area contributed by atoms with Crippen LogP contribution in [-0.4, -0.2) is 11.8 Å². The summed E-state index contributed by atoms with van der Waals surface area (Å²) < 4.78 is 11.3. The summed E-state index contributed by atoms with van der Waals surface area (Å²) in [5.74, 6) is 1.12. The molecule has 3 nitrogen and oxygen atoms in total. The molecule has 0 aliphatic rings. The van der Waals surface area contributed by atoms with Crippen LogP contribution in [0, 0.1) is 6.92 Å². The fourth-order valence-corrected chi connectivity index (χ4v) is 2.10. The molecule has 0 aromatic heterocycles. The molecule has 0 N–H and O–H groups in total. The lowest BCUT2D eigenvalue weighted by atomic mass is 10.1. The number of ether oxygens (including phenoxy) is 2. The van der Waals surface area contributed by atoms with E-state index in [0.717, 1.165) is 5.56 Å². The SMILES string of the molecule is CCOc1cc(C(=O)Cl)ccc1OCc1cccc(C)c1. The lowest BCUT2D eigenvalue weighted by Crippen LogP contribution is -2.01. The van der Waals surface area contributed by atoms with E-state index in [4.69, 9.17) is 21.1 Å². The van der Waals surface area contributed by atoms with Gasteiger partial charge in [-0.1, -0.05) is 29.8 Å². The summed E-state index contributed by atoms with van der Waals surface area (Å²) in [5, 5.41) is -0.513. The maximum atomic E-state index is 11.2. The van der Waals surface area contributed by atoms with Gasteiger partial charge in [0.2, 0.25) is 0 Å². The Morgan fingerprint density at radius 1 is 1.10 bits per heavy atom. The van der Waals surface area contributed by atoms with Crippen LogP contribution in [0.5, 0.6) is 11.5 Å². The molecule has 2 rings (SSSR count). The average molecular weight is 305 g/mol. The van der Waals surface area contributed by atoms with Crippen LogP contribution in [0.15, 0.2) is 42.5 Å². The maximum absolute atomic E-state index is 11.2. The van der Waals surface area contributed by atoms with Crippen molar-refractivity contribution in [3.05, 3.63) is 59.2 Å². The molecule has 0 unspecified atom stereocenters. The van der Waals surface area contributed by atoms with Crippen molar-refractivity contribution in [3.8, 4) is 11.5 Å². The van der Waals surface area contributed by atoms with Crippen LogP contribution in [-0.2, 0) is 6.61 Å². The first-order chi connectivity index (χ1) is 10.1. The summed E-state index contributed by atoms with van der Waals surface area (Å²) in [6.07, 6.45) is 0. The second-order valence-corrected chi connectivity index (χ2v) is 4.99. The number of halogens is 1. The molecule has 2 aromatic rings. The Kier molecular flexibility index (Phi) is 5.23. The number of carbonyl (C=O) groups is 1. The minimum atomic E-state index is -0.513. The Morgan fingerprint density at radius 3 is 2.57 bits per heavy atom. The molecule has 0 atom stereocenters. The van der Waals surface area contributed by atoms with Gasteiger partial charge in [0.05, 0.1) is 6.61 Å². The lowest BCUT2D eigenvalue weighted by molar-refractivity contribution is 0.108. The third-order valence-corrected chi connectivity index (χ3v) is 3.17. The molecule has 21 heavy (non-hydrogen) atoms. The average Bonchev–Trinajstić information content (AvgIpc) is 2.46. The Bertz CT molecular complexity index is 638. The van der Waals surface area contributed by atoms with Crippen molar-refractivity contribution >= 4 is 16.8 Å². The van der Waals surface area contributed by atoms with E-state index in [1.165, 1.54) is 5.56 Å². The highest BCUT2D eigenvalue weighted by Gasteiger charge is 2.10.